The van der Waals surface area contributed by atoms with Crippen LogP contribution in [0.2, 0.25) is 0 Å². The molecule has 0 spiro atoms. The first kappa shape index (κ1) is 18.8. The summed E-state index contributed by atoms with van der Waals surface area (Å²) in [6.07, 6.45) is 0.111. The Balaban J connectivity index is 1.80. The summed E-state index contributed by atoms with van der Waals surface area (Å²) in [7, 11) is 0. The molecule has 0 aliphatic rings. The molecule has 2 aromatic rings. The molecule has 1 amide bonds. The number of aryl methyl sites for hydroxylation is 3. The normalized spacial score (nSPS) is 11.7. The van der Waals surface area contributed by atoms with Crippen molar-refractivity contribution in [1.82, 2.24) is 5.32 Å². The van der Waals surface area contributed by atoms with E-state index in [4.69, 9.17) is 9.47 Å². The molecule has 0 aliphatic carbocycles. The van der Waals surface area contributed by atoms with Gasteiger partial charge in [-0.2, -0.15) is 0 Å². The maximum Gasteiger partial charge on any atom is 0.261 e. The molecular formula is C21H27NO3. The summed E-state index contributed by atoms with van der Waals surface area (Å²) in [5, 5.41) is 2.88. The van der Waals surface area contributed by atoms with Gasteiger partial charge in [0.05, 0.1) is 6.54 Å². The maximum atomic E-state index is 12.3. The van der Waals surface area contributed by atoms with Gasteiger partial charge in [-0.25, -0.2) is 0 Å². The number of ether oxygens (including phenoxy) is 2. The van der Waals surface area contributed by atoms with Crippen LogP contribution in [0.5, 0.6) is 11.5 Å². The minimum absolute atomic E-state index is 0.117. The smallest absolute Gasteiger partial charge is 0.261 e. The molecule has 0 radical (unpaired) electrons. The summed E-state index contributed by atoms with van der Waals surface area (Å²) < 4.78 is 11.6. The second-order valence-corrected chi connectivity index (χ2v) is 6.24. The van der Waals surface area contributed by atoms with Crippen LogP contribution in [0.1, 0.15) is 30.0 Å². The molecule has 0 aromatic heterocycles. The Morgan fingerprint density at radius 1 is 1.08 bits per heavy atom. The summed E-state index contributed by atoms with van der Waals surface area (Å²) >= 11 is 0. The molecule has 0 bridgehead atoms. The van der Waals surface area contributed by atoms with Gasteiger partial charge in [0, 0.05) is 0 Å². The van der Waals surface area contributed by atoms with E-state index < -0.39 is 6.10 Å². The van der Waals surface area contributed by atoms with Crippen LogP contribution in [0, 0.1) is 20.8 Å². The highest BCUT2D eigenvalue weighted by molar-refractivity contribution is 5.81. The lowest BCUT2D eigenvalue weighted by molar-refractivity contribution is -0.128. The van der Waals surface area contributed by atoms with Crippen molar-refractivity contribution in [2.24, 2.45) is 0 Å². The molecule has 1 atom stereocenters. The second-order valence-electron chi connectivity index (χ2n) is 6.24. The van der Waals surface area contributed by atoms with Gasteiger partial charge in [0.1, 0.15) is 18.1 Å². The highest BCUT2D eigenvalue weighted by Gasteiger charge is 2.17. The largest absolute Gasteiger partial charge is 0.491 e. The van der Waals surface area contributed by atoms with E-state index in [1.807, 2.05) is 64.1 Å². The zero-order valence-electron chi connectivity index (χ0n) is 15.5. The molecule has 25 heavy (non-hydrogen) atoms. The van der Waals surface area contributed by atoms with Gasteiger partial charge < -0.3 is 14.8 Å². The lowest BCUT2D eigenvalue weighted by atomic mass is 10.1. The average molecular weight is 341 g/mol. The summed E-state index contributed by atoms with van der Waals surface area (Å²) in [6, 6.07) is 13.8. The predicted molar refractivity (Wildman–Crippen MR) is 100 cm³/mol. The highest BCUT2D eigenvalue weighted by Crippen LogP contribution is 2.19. The predicted octanol–water partition coefficient (Wildman–Crippen LogP) is 3.96. The molecule has 2 aromatic carbocycles. The minimum Gasteiger partial charge on any atom is -0.491 e. The van der Waals surface area contributed by atoms with E-state index in [1.54, 1.807) is 0 Å². The van der Waals surface area contributed by atoms with Crippen molar-refractivity contribution in [1.29, 1.82) is 0 Å². The Kier molecular flexibility index (Phi) is 6.87. The molecule has 1 N–H and O–H groups in total. The van der Waals surface area contributed by atoms with Gasteiger partial charge in [0.25, 0.3) is 5.91 Å². The molecule has 0 unspecified atom stereocenters. The number of nitrogens with one attached hydrogen (secondary N) is 1. The lowest BCUT2D eigenvalue weighted by Crippen LogP contribution is -2.39. The number of hydrogen-bond donors (Lipinski definition) is 1. The fraction of sp³-hybridized carbons (Fsp3) is 0.381. The molecule has 4 heteroatoms. The van der Waals surface area contributed by atoms with Crippen LogP contribution in [0.3, 0.4) is 0 Å². The molecule has 4 nitrogen and oxygen atoms in total. The third-order valence-electron chi connectivity index (χ3n) is 3.93. The highest BCUT2D eigenvalue weighted by atomic mass is 16.5. The Morgan fingerprint density at radius 2 is 1.84 bits per heavy atom. The third-order valence-corrected chi connectivity index (χ3v) is 3.93. The van der Waals surface area contributed by atoms with Crippen molar-refractivity contribution >= 4 is 5.91 Å². The number of benzene rings is 2. The Hall–Kier alpha value is -2.49. The number of rotatable bonds is 8. The minimum atomic E-state index is -0.498. The van der Waals surface area contributed by atoms with Crippen molar-refractivity contribution < 1.29 is 14.3 Å². The zero-order chi connectivity index (χ0) is 18.2. The Labute approximate surface area is 150 Å². The van der Waals surface area contributed by atoms with E-state index in [0.29, 0.717) is 25.3 Å². The van der Waals surface area contributed by atoms with E-state index in [-0.39, 0.29) is 5.91 Å². The molecule has 0 aliphatic heterocycles. The van der Waals surface area contributed by atoms with E-state index in [0.717, 1.165) is 22.4 Å². The van der Waals surface area contributed by atoms with Crippen LogP contribution in [0.15, 0.2) is 42.5 Å². The molecule has 0 saturated heterocycles. The topological polar surface area (TPSA) is 47.6 Å². The number of amides is 1. The number of carbonyl (C=O) groups excluding carboxylic acids is 1. The van der Waals surface area contributed by atoms with Gasteiger partial charge >= 0.3 is 0 Å². The van der Waals surface area contributed by atoms with Crippen LogP contribution in [-0.2, 0) is 4.79 Å². The van der Waals surface area contributed by atoms with Crippen LogP contribution in [0.4, 0.5) is 0 Å². The summed E-state index contributed by atoms with van der Waals surface area (Å²) in [4.78, 5) is 12.3. The van der Waals surface area contributed by atoms with Crippen molar-refractivity contribution in [2.45, 2.75) is 40.2 Å². The molecule has 134 valence electrons. The third kappa shape index (κ3) is 5.82. The van der Waals surface area contributed by atoms with Gasteiger partial charge in [-0.1, -0.05) is 31.2 Å². The average Bonchev–Trinajstić information content (AvgIpc) is 2.59. The fourth-order valence-corrected chi connectivity index (χ4v) is 2.49. The van der Waals surface area contributed by atoms with Crippen LogP contribution < -0.4 is 14.8 Å². The second kappa shape index (κ2) is 9.11. The SMILES string of the molecule is CC[C@@H](Oc1cccc(C)c1)C(=O)NCCOc1cc(C)ccc1C. The first-order chi connectivity index (χ1) is 12.0. The van der Waals surface area contributed by atoms with Crippen molar-refractivity contribution in [3.63, 3.8) is 0 Å². The lowest BCUT2D eigenvalue weighted by Gasteiger charge is -2.18. The van der Waals surface area contributed by atoms with Crippen LogP contribution in [0.25, 0.3) is 0 Å². The van der Waals surface area contributed by atoms with Crippen LogP contribution >= 0.6 is 0 Å². The molecule has 0 saturated carbocycles. The number of carbonyl (C=O) groups is 1. The van der Waals surface area contributed by atoms with E-state index in [2.05, 4.69) is 11.4 Å². The van der Waals surface area contributed by atoms with Gasteiger partial charge in [0.15, 0.2) is 6.10 Å². The van der Waals surface area contributed by atoms with Gasteiger partial charge in [-0.05, 0) is 62.1 Å². The molecule has 0 heterocycles. The van der Waals surface area contributed by atoms with Gasteiger partial charge in [0.2, 0.25) is 0 Å². The standard InChI is InChI=1S/C21H27NO3/c1-5-19(25-18-8-6-7-15(2)13-18)21(23)22-11-12-24-20-14-16(3)9-10-17(20)4/h6-10,13-14,19H,5,11-12H2,1-4H3,(H,22,23)/t19-/m1/s1. The van der Waals surface area contributed by atoms with Crippen molar-refractivity contribution in [3.05, 3.63) is 59.2 Å². The van der Waals surface area contributed by atoms with Gasteiger partial charge in [-0.3, -0.25) is 4.79 Å². The fourth-order valence-electron chi connectivity index (χ4n) is 2.49. The van der Waals surface area contributed by atoms with E-state index in [9.17, 15) is 4.79 Å². The zero-order valence-corrected chi connectivity index (χ0v) is 15.5. The quantitative estimate of drug-likeness (QED) is 0.739. The van der Waals surface area contributed by atoms with Crippen molar-refractivity contribution in [2.75, 3.05) is 13.2 Å². The Bertz CT molecular complexity index is 712. The van der Waals surface area contributed by atoms with E-state index >= 15 is 0 Å². The Morgan fingerprint density at radius 3 is 2.56 bits per heavy atom. The molecule has 2 rings (SSSR count). The summed E-state index contributed by atoms with van der Waals surface area (Å²) in [5.41, 5.74) is 3.35. The monoisotopic (exact) mass is 341 g/mol. The molecule has 0 fully saturated rings. The number of hydrogen-bond acceptors (Lipinski definition) is 3. The summed E-state index contributed by atoms with van der Waals surface area (Å²) in [6.45, 7) is 8.85. The van der Waals surface area contributed by atoms with E-state index in [1.165, 1.54) is 0 Å². The molecular weight excluding hydrogens is 314 g/mol. The van der Waals surface area contributed by atoms with Gasteiger partial charge in [-0.15, -0.1) is 0 Å². The first-order valence-electron chi connectivity index (χ1n) is 8.70. The van der Waals surface area contributed by atoms with Crippen molar-refractivity contribution in [3.8, 4) is 11.5 Å². The van der Waals surface area contributed by atoms with Crippen LogP contribution in [-0.4, -0.2) is 25.2 Å². The maximum absolute atomic E-state index is 12.3. The first-order valence-corrected chi connectivity index (χ1v) is 8.70. The summed E-state index contributed by atoms with van der Waals surface area (Å²) in [5.74, 6) is 1.46.